The van der Waals surface area contributed by atoms with E-state index in [1.54, 1.807) is 0 Å². The summed E-state index contributed by atoms with van der Waals surface area (Å²) in [6.07, 6.45) is -1.40. The Bertz CT molecular complexity index is 1060. The quantitative estimate of drug-likeness (QED) is 0.318. The second-order valence-corrected chi connectivity index (χ2v) is 10.0. The zero-order valence-electron chi connectivity index (χ0n) is 20.4. The van der Waals surface area contributed by atoms with Gasteiger partial charge < -0.3 is 24.3 Å². The van der Waals surface area contributed by atoms with Gasteiger partial charge >= 0.3 is 0 Å². The molecule has 1 fully saturated rings. The molecule has 0 spiro atoms. The molecular formula is C26H33NO8S. The lowest BCUT2D eigenvalue weighted by atomic mass is 9.96. The van der Waals surface area contributed by atoms with Crippen molar-refractivity contribution in [3.8, 4) is 0 Å². The number of hydrogen-bond donors (Lipinski definition) is 1. The first-order valence-electron chi connectivity index (χ1n) is 11.6. The van der Waals surface area contributed by atoms with E-state index in [0.717, 1.165) is 17.4 Å². The molecule has 1 aliphatic rings. The third kappa shape index (κ3) is 8.81. The number of nitrogens with one attached hydrogen (secondary N) is 1. The van der Waals surface area contributed by atoms with Gasteiger partial charge in [-0.15, -0.1) is 6.58 Å². The minimum atomic E-state index is -3.91. The van der Waals surface area contributed by atoms with Crippen molar-refractivity contribution in [2.75, 3.05) is 19.5 Å². The molecule has 9 nitrogen and oxygen atoms in total. The lowest BCUT2D eigenvalue weighted by molar-refractivity contribution is -0.276. The van der Waals surface area contributed by atoms with E-state index in [0.29, 0.717) is 0 Å². The van der Waals surface area contributed by atoms with Crippen LogP contribution in [0.1, 0.15) is 18.1 Å². The van der Waals surface area contributed by atoms with Crippen molar-refractivity contribution < 1.29 is 36.3 Å². The van der Waals surface area contributed by atoms with Gasteiger partial charge in [0.1, 0.15) is 24.4 Å². The monoisotopic (exact) mass is 519 g/mol. The summed E-state index contributed by atoms with van der Waals surface area (Å²) in [5, 5.41) is 2.78. The Kier molecular flexibility index (Phi) is 10.6. The summed E-state index contributed by atoms with van der Waals surface area (Å²) in [4.78, 5) is 12.1. The number of hydrogen-bond acceptors (Lipinski definition) is 8. The molecule has 5 atom stereocenters. The fraction of sp³-hybridized carbons (Fsp3) is 0.423. The Labute approximate surface area is 212 Å². The standard InChI is InChI=1S/C26H33NO8S/c1-4-15-32-25-23(27-19(2)28)26(33-17-21-13-9-6-10-14-21)34-22(24(25)35-36(3,29)30)18-31-16-20-11-7-5-8-12-20/h4-14,22-26H,1,15-18H2,2-3H3,(H,27,28)/t22-,23-,24-,25-,26+/m1/s1. The molecule has 3 rings (SSSR count). The number of amides is 1. The second-order valence-electron chi connectivity index (χ2n) is 8.42. The molecule has 0 bridgehead atoms. The molecule has 2 aromatic carbocycles. The van der Waals surface area contributed by atoms with Gasteiger partial charge in [0.25, 0.3) is 10.1 Å². The highest BCUT2D eigenvalue weighted by Crippen LogP contribution is 2.29. The van der Waals surface area contributed by atoms with Crippen molar-refractivity contribution in [2.45, 2.75) is 50.8 Å². The van der Waals surface area contributed by atoms with Crippen LogP contribution in [0.5, 0.6) is 0 Å². The van der Waals surface area contributed by atoms with Gasteiger partial charge in [-0.1, -0.05) is 66.7 Å². The Morgan fingerprint density at radius 2 is 1.61 bits per heavy atom. The topological polar surface area (TPSA) is 109 Å². The Morgan fingerprint density at radius 3 is 2.17 bits per heavy atom. The molecule has 196 valence electrons. The molecule has 0 saturated carbocycles. The average molecular weight is 520 g/mol. The second kappa shape index (κ2) is 13.6. The van der Waals surface area contributed by atoms with E-state index in [9.17, 15) is 13.2 Å². The Morgan fingerprint density at radius 1 is 1.00 bits per heavy atom. The minimum Gasteiger partial charge on any atom is -0.374 e. The van der Waals surface area contributed by atoms with Crippen LogP contribution in [0.25, 0.3) is 0 Å². The highest BCUT2D eigenvalue weighted by atomic mass is 32.2. The van der Waals surface area contributed by atoms with E-state index in [4.69, 9.17) is 23.1 Å². The number of carbonyl (C=O) groups is 1. The lowest BCUT2D eigenvalue weighted by Crippen LogP contribution is -2.66. The van der Waals surface area contributed by atoms with E-state index >= 15 is 0 Å². The summed E-state index contributed by atoms with van der Waals surface area (Å²) in [6.45, 7) is 5.59. The molecular weight excluding hydrogens is 486 g/mol. The van der Waals surface area contributed by atoms with Crippen molar-refractivity contribution in [1.82, 2.24) is 5.32 Å². The van der Waals surface area contributed by atoms with E-state index in [2.05, 4.69) is 11.9 Å². The van der Waals surface area contributed by atoms with Gasteiger partial charge in [0.15, 0.2) is 6.29 Å². The van der Waals surface area contributed by atoms with Crippen LogP contribution in [-0.2, 0) is 51.3 Å². The van der Waals surface area contributed by atoms with E-state index in [-0.39, 0.29) is 32.3 Å². The summed E-state index contributed by atoms with van der Waals surface area (Å²) >= 11 is 0. The maximum atomic E-state index is 12.2. The van der Waals surface area contributed by atoms with Gasteiger partial charge in [0.05, 0.1) is 32.7 Å². The maximum absolute atomic E-state index is 12.2. The maximum Gasteiger partial charge on any atom is 0.264 e. The molecule has 1 heterocycles. The van der Waals surface area contributed by atoms with Crippen LogP contribution >= 0.6 is 0 Å². The highest BCUT2D eigenvalue weighted by molar-refractivity contribution is 7.86. The molecule has 1 saturated heterocycles. The van der Waals surface area contributed by atoms with E-state index < -0.39 is 40.8 Å². The Hall–Kier alpha value is -2.60. The third-order valence-corrected chi connectivity index (χ3v) is 5.93. The largest absolute Gasteiger partial charge is 0.374 e. The van der Waals surface area contributed by atoms with Crippen molar-refractivity contribution in [1.29, 1.82) is 0 Å². The average Bonchev–Trinajstić information content (AvgIpc) is 2.84. The fourth-order valence-corrected chi connectivity index (χ4v) is 4.52. The van der Waals surface area contributed by atoms with Gasteiger partial charge in [0, 0.05) is 6.92 Å². The normalized spacial score (nSPS) is 24.2. The zero-order chi connectivity index (χ0) is 26.0. The molecule has 1 amide bonds. The molecule has 1 N–H and O–H groups in total. The first-order valence-corrected chi connectivity index (χ1v) is 13.4. The summed E-state index contributed by atoms with van der Waals surface area (Å²) in [5.74, 6) is -0.360. The number of ether oxygens (including phenoxy) is 4. The number of rotatable bonds is 13. The third-order valence-electron chi connectivity index (χ3n) is 5.36. The van der Waals surface area contributed by atoms with E-state index in [1.165, 1.54) is 13.0 Å². The highest BCUT2D eigenvalue weighted by Gasteiger charge is 2.50. The van der Waals surface area contributed by atoms with E-state index in [1.807, 2.05) is 60.7 Å². The van der Waals surface area contributed by atoms with Gasteiger partial charge in [-0.2, -0.15) is 8.42 Å². The Balaban J connectivity index is 1.86. The van der Waals surface area contributed by atoms with Gasteiger partial charge in [-0.3, -0.25) is 8.98 Å². The summed E-state index contributed by atoms with van der Waals surface area (Å²) in [7, 11) is -3.91. The molecule has 2 aromatic rings. The van der Waals surface area contributed by atoms with Crippen LogP contribution in [0.15, 0.2) is 73.3 Å². The van der Waals surface area contributed by atoms with Crippen molar-refractivity contribution in [3.05, 3.63) is 84.4 Å². The van der Waals surface area contributed by atoms with Gasteiger partial charge in [0.2, 0.25) is 5.91 Å². The zero-order valence-corrected chi connectivity index (χ0v) is 21.3. The van der Waals surface area contributed by atoms with Crippen LogP contribution in [-0.4, -0.2) is 64.4 Å². The van der Waals surface area contributed by atoms with Crippen LogP contribution in [0.4, 0.5) is 0 Å². The molecule has 10 heteroatoms. The van der Waals surface area contributed by atoms with Crippen LogP contribution < -0.4 is 5.32 Å². The number of carbonyl (C=O) groups excluding carboxylic acids is 1. The van der Waals surface area contributed by atoms with Crippen LogP contribution in [0, 0.1) is 0 Å². The minimum absolute atomic E-state index is 0.00101. The SMILES string of the molecule is C=CCO[C@@H]1[C@@H](NC(C)=O)[C@@H](OCc2ccccc2)O[C@H](COCc2ccccc2)[C@H]1OS(C)(=O)=O. The van der Waals surface area contributed by atoms with Crippen LogP contribution in [0.2, 0.25) is 0 Å². The van der Waals surface area contributed by atoms with Crippen LogP contribution in [0.3, 0.4) is 0 Å². The molecule has 0 aliphatic carbocycles. The predicted molar refractivity (Wildman–Crippen MR) is 133 cm³/mol. The smallest absolute Gasteiger partial charge is 0.264 e. The summed E-state index contributed by atoms with van der Waals surface area (Å²) in [5.41, 5.74) is 1.85. The lowest BCUT2D eigenvalue weighted by Gasteiger charge is -2.45. The number of benzene rings is 2. The molecule has 0 radical (unpaired) electrons. The summed E-state index contributed by atoms with van der Waals surface area (Å²) < 4.78 is 53.8. The van der Waals surface area contributed by atoms with Gasteiger partial charge in [-0.25, -0.2) is 0 Å². The predicted octanol–water partition coefficient (Wildman–Crippen LogP) is 2.57. The van der Waals surface area contributed by atoms with Crippen molar-refractivity contribution in [3.63, 3.8) is 0 Å². The molecule has 0 unspecified atom stereocenters. The fourth-order valence-electron chi connectivity index (χ4n) is 3.88. The first kappa shape index (κ1) is 28.0. The summed E-state index contributed by atoms with van der Waals surface area (Å²) in [6, 6.07) is 18.2. The molecule has 1 aliphatic heterocycles. The van der Waals surface area contributed by atoms with Crippen molar-refractivity contribution >= 4 is 16.0 Å². The van der Waals surface area contributed by atoms with Gasteiger partial charge in [-0.05, 0) is 11.1 Å². The molecule has 36 heavy (non-hydrogen) atoms. The molecule has 0 aromatic heterocycles. The first-order chi connectivity index (χ1) is 17.3. The van der Waals surface area contributed by atoms with Crippen molar-refractivity contribution in [2.24, 2.45) is 0 Å².